The van der Waals surface area contributed by atoms with Gasteiger partial charge in [0.2, 0.25) is 0 Å². The van der Waals surface area contributed by atoms with Crippen molar-refractivity contribution in [3.05, 3.63) is 18.4 Å². The van der Waals surface area contributed by atoms with E-state index in [-0.39, 0.29) is 63.1 Å². The molecule has 0 bridgehead atoms. The van der Waals surface area contributed by atoms with Crippen LogP contribution >= 0.6 is 9.24 Å². The Morgan fingerprint density at radius 3 is 2.33 bits per heavy atom. The van der Waals surface area contributed by atoms with Crippen LogP contribution in [0.4, 0.5) is 0 Å². The van der Waals surface area contributed by atoms with Gasteiger partial charge in [0, 0.05) is 51.3 Å². The van der Waals surface area contributed by atoms with Crippen LogP contribution in [0.15, 0.2) is 11.9 Å². The number of hydrogen-bond donors (Lipinski definition) is 1. The molecule has 0 aliphatic heterocycles. The van der Waals surface area contributed by atoms with Gasteiger partial charge in [0.05, 0.1) is 5.92 Å². The largest absolute Gasteiger partial charge is 0.505 e. The molecule has 2 radical (unpaired) electrons. The summed E-state index contributed by atoms with van der Waals surface area (Å²) in [7, 11) is 2.42. The Kier molecular flexibility index (Phi) is 16.5. The topological polar surface area (TPSA) is 29.1 Å². The van der Waals surface area contributed by atoms with Gasteiger partial charge in [-0.05, 0) is 12.2 Å². The van der Waals surface area contributed by atoms with Gasteiger partial charge in [-0.1, -0.05) is 6.58 Å². The summed E-state index contributed by atoms with van der Waals surface area (Å²) >= 11 is 0. The fourth-order valence-corrected chi connectivity index (χ4v) is 0.587. The van der Waals surface area contributed by atoms with E-state index in [9.17, 15) is 4.79 Å². The van der Waals surface area contributed by atoms with Gasteiger partial charge in [-0.15, -0.1) is 9.24 Å². The molecule has 0 saturated carbocycles. The van der Waals surface area contributed by atoms with E-state index in [0.29, 0.717) is 0 Å². The smallest absolute Gasteiger partial charge is 0.198 e. The molecular formula is C7H13NOPVY-. The molecule has 0 heterocycles. The third kappa shape index (κ3) is 7.95. The molecule has 2 nitrogen and oxygen atoms in total. The Hall–Kier alpha value is 1.33. The third-order valence-electron chi connectivity index (χ3n) is 1.24. The number of hydrogen-bond acceptors (Lipinski definition) is 1. The second-order valence-corrected chi connectivity index (χ2v) is 2.84. The normalized spacial score (nSPS) is 10.2. The quantitative estimate of drug-likeness (QED) is 0.618. The molecule has 1 N–H and O–H groups in total. The molecule has 0 fully saturated rings. The third-order valence-corrected chi connectivity index (χ3v) is 1.74. The van der Waals surface area contributed by atoms with Crippen molar-refractivity contribution >= 4 is 15.1 Å². The van der Waals surface area contributed by atoms with Crippen LogP contribution in [0.5, 0.6) is 0 Å². The predicted molar refractivity (Wildman–Crippen MR) is 46.1 cm³/mol. The van der Waals surface area contributed by atoms with Crippen molar-refractivity contribution in [1.29, 1.82) is 0 Å². The SMILES string of the molecule is C=C(P)C(C)C(=O)N[CH-]C.[V].[Y]. The zero-order valence-electron chi connectivity index (χ0n) is 7.37. The number of carbonyl (C=O) groups excluding carboxylic acids is 1. The maximum Gasteiger partial charge on any atom is 0.198 e. The Morgan fingerprint density at radius 1 is 1.67 bits per heavy atom. The first-order chi connectivity index (χ1) is 4.59. The number of rotatable bonds is 3. The molecule has 0 aromatic heterocycles. The maximum atomic E-state index is 11.0. The minimum absolute atomic E-state index is 0. The summed E-state index contributed by atoms with van der Waals surface area (Å²) in [6, 6.07) is 0. The minimum Gasteiger partial charge on any atom is -0.505 e. The van der Waals surface area contributed by atoms with Gasteiger partial charge in [-0.2, -0.15) is 6.92 Å². The van der Waals surface area contributed by atoms with Crippen molar-refractivity contribution in [1.82, 2.24) is 5.32 Å². The van der Waals surface area contributed by atoms with Crippen LogP contribution in [0.2, 0.25) is 0 Å². The van der Waals surface area contributed by atoms with E-state index in [1.54, 1.807) is 13.5 Å². The first-order valence-electron chi connectivity index (χ1n) is 3.12. The van der Waals surface area contributed by atoms with Gasteiger partial charge < -0.3 is 5.32 Å². The summed E-state index contributed by atoms with van der Waals surface area (Å²) in [4.78, 5) is 11.0. The van der Waals surface area contributed by atoms with Gasteiger partial charge in [-0.3, -0.25) is 4.79 Å². The second kappa shape index (κ2) is 10.4. The fourth-order valence-electron chi connectivity index (χ4n) is 0.436. The van der Waals surface area contributed by atoms with Crippen molar-refractivity contribution in [3.8, 4) is 0 Å². The standard InChI is InChI=1S/C7H13NOP.V.Y/c1-4-8-7(9)5(2)6(3)10;;/h4-5H,3,10H2,1-2H3,(H,8,9);;/q-1;;. The van der Waals surface area contributed by atoms with Crippen LogP contribution in [-0.2, 0) is 56.1 Å². The molecule has 0 rings (SSSR count). The van der Waals surface area contributed by atoms with Crippen molar-refractivity contribution in [2.75, 3.05) is 0 Å². The predicted octanol–water partition coefficient (Wildman–Crippen LogP) is 1.30. The first kappa shape index (κ1) is 19.0. The Balaban J connectivity index is -0.000000405. The molecule has 66 valence electrons. The number of carbonyl (C=O) groups is 1. The molecule has 2 unspecified atom stereocenters. The Labute approximate surface area is 114 Å². The van der Waals surface area contributed by atoms with E-state index >= 15 is 0 Å². The van der Waals surface area contributed by atoms with Gasteiger partial charge in [0.1, 0.15) is 0 Å². The van der Waals surface area contributed by atoms with Gasteiger partial charge >= 0.3 is 0 Å². The molecular weight excluding hydrogens is 285 g/mol. The molecule has 0 saturated heterocycles. The fraction of sp³-hybridized carbons (Fsp3) is 0.429. The van der Waals surface area contributed by atoms with E-state index in [2.05, 4.69) is 21.1 Å². The maximum absolute atomic E-state index is 11.0. The van der Waals surface area contributed by atoms with Crippen LogP contribution < -0.4 is 5.32 Å². The summed E-state index contributed by atoms with van der Waals surface area (Å²) in [5, 5.41) is 3.39. The van der Waals surface area contributed by atoms with Crippen LogP contribution in [0, 0.1) is 12.5 Å². The number of nitrogens with one attached hydrogen (secondary N) is 1. The van der Waals surface area contributed by atoms with E-state index < -0.39 is 0 Å². The monoisotopic (exact) mass is 298 g/mol. The summed E-state index contributed by atoms with van der Waals surface area (Å²) < 4.78 is 0. The van der Waals surface area contributed by atoms with Crippen molar-refractivity contribution in [2.24, 2.45) is 5.92 Å². The Morgan fingerprint density at radius 2 is 2.08 bits per heavy atom. The molecule has 1 amide bonds. The van der Waals surface area contributed by atoms with Gasteiger partial charge in [-0.25, -0.2) is 6.54 Å². The van der Waals surface area contributed by atoms with Crippen LogP contribution in [0.3, 0.4) is 0 Å². The summed E-state index contributed by atoms with van der Waals surface area (Å²) in [6.45, 7) is 8.85. The van der Waals surface area contributed by atoms with Crippen molar-refractivity contribution < 1.29 is 56.1 Å². The minimum atomic E-state index is -0.124. The van der Waals surface area contributed by atoms with Crippen LogP contribution in [0.25, 0.3) is 0 Å². The van der Waals surface area contributed by atoms with Gasteiger partial charge in [0.15, 0.2) is 5.91 Å². The molecule has 2 atom stereocenters. The average Bonchev–Trinajstić information content (AvgIpc) is 1.87. The zero-order chi connectivity index (χ0) is 8.15. The molecule has 0 aromatic carbocycles. The average molecular weight is 298 g/mol. The summed E-state index contributed by atoms with van der Waals surface area (Å²) in [5.74, 6) is -0.135. The van der Waals surface area contributed by atoms with Crippen molar-refractivity contribution in [3.63, 3.8) is 0 Å². The molecule has 0 aliphatic rings. The summed E-state index contributed by atoms with van der Waals surface area (Å²) in [5.41, 5.74) is 0. The molecule has 12 heavy (non-hydrogen) atoms. The molecule has 0 spiro atoms. The Bertz CT molecular complexity index is 154. The molecule has 0 aromatic rings. The summed E-state index contributed by atoms with van der Waals surface area (Å²) in [6.07, 6.45) is 0. The first-order valence-corrected chi connectivity index (χ1v) is 3.69. The van der Waals surface area contributed by atoms with E-state index in [4.69, 9.17) is 0 Å². The second-order valence-electron chi connectivity index (χ2n) is 2.09. The van der Waals surface area contributed by atoms with E-state index in [1.807, 2.05) is 6.92 Å². The van der Waals surface area contributed by atoms with E-state index in [0.717, 1.165) is 5.31 Å². The molecule has 0 aliphatic carbocycles. The zero-order valence-corrected chi connectivity index (χ0v) is 12.8. The molecule has 5 heteroatoms. The number of amides is 1. The van der Waals surface area contributed by atoms with Crippen LogP contribution in [-0.4, -0.2) is 5.91 Å². The van der Waals surface area contributed by atoms with E-state index in [1.165, 1.54) is 0 Å². The van der Waals surface area contributed by atoms with Gasteiger partial charge in [0.25, 0.3) is 0 Å². The van der Waals surface area contributed by atoms with Crippen LogP contribution in [0.1, 0.15) is 13.8 Å². The van der Waals surface area contributed by atoms with Crippen molar-refractivity contribution in [2.45, 2.75) is 13.8 Å².